The molecule has 1 heterocycles. The molecule has 0 radical (unpaired) electrons. The molecule has 2 heteroatoms. The Morgan fingerprint density at radius 1 is 0.327 bits per heavy atom. The van der Waals surface area contributed by atoms with Crippen molar-refractivity contribution in [1.29, 1.82) is 0 Å². The molecule has 2 nitrogen and oxygen atoms in total. The lowest BCUT2D eigenvalue weighted by Crippen LogP contribution is -2.10. The van der Waals surface area contributed by atoms with Crippen LogP contribution in [-0.4, -0.2) is 4.57 Å². The van der Waals surface area contributed by atoms with E-state index in [2.05, 4.69) is 216 Å². The van der Waals surface area contributed by atoms with Crippen molar-refractivity contribution in [2.24, 2.45) is 0 Å². The summed E-state index contributed by atoms with van der Waals surface area (Å²) in [5.41, 5.74) is 11.7. The average molecular weight is 663 g/mol. The van der Waals surface area contributed by atoms with Gasteiger partial charge in [0.2, 0.25) is 0 Å². The molecule has 0 unspecified atom stereocenters. The van der Waals surface area contributed by atoms with Crippen molar-refractivity contribution in [2.75, 3.05) is 4.90 Å². The lowest BCUT2D eigenvalue weighted by atomic mass is 9.93. The lowest BCUT2D eigenvalue weighted by Gasteiger charge is -2.28. The molecule has 10 aromatic rings. The standard InChI is InChI=1S/C50H34N2/c1-2-19-40(20-3-1)52-49-26-11-10-25-46(49)47-31-29-39(34-50(47)52)44-23-9-8-22-43(44)38-18-12-21-41(33-38)51(42-30-28-35-14-4-5-16-37(35)32-42)48-27-13-17-36-15-6-7-24-45(36)48/h1-34H. The van der Waals surface area contributed by atoms with Gasteiger partial charge in [0.15, 0.2) is 0 Å². The van der Waals surface area contributed by atoms with Crippen LogP contribution in [-0.2, 0) is 0 Å². The van der Waals surface area contributed by atoms with Crippen LogP contribution >= 0.6 is 0 Å². The van der Waals surface area contributed by atoms with Gasteiger partial charge in [-0.25, -0.2) is 0 Å². The van der Waals surface area contributed by atoms with Crippen LogP contribution in [0.1, 0.15) is 0 Å². The van der Waals surface area contributed by atoms with Crippen LogP contribution in [0, 0.1) is 0 Å². The number of fused-ring (bicyclic) bond motifs is 5. The summed E-state index contributed by atoms with van der Waals surface area (Å²) in [6, 6.07) is 74.8. The Kier molecular flexibility index (Phi) is 7.18. The third kappa shape index (κ3) is 5.04. The molecule has 0 atom stereocenters. The van der Waals surface area contributed by atoms with Gasteiger partial charge in [-0.05, 0) is 93.0 Å². The fraction of sp³-hybridized carbons (Fsp3) is 0. The first-order valence-electron chi connectivity index (χ1n) is 17.9. The second kappa shape index (κ2) is 12.5. The summed E-state index contributed by atoms with van der Waals surface area (Å²) in [5, 5.41) is 7.40. The number of rotatable bonds is 6. The highest BCUT2D eigenvalue weighted by molar-refractivity contribution is 6.10. The Balaban J connectivity index is 1.15. The van der Waals surface area contributed by atoms with Crippen molar-refractivity contribution in [3.63, 3.8) is 0 Å². The molecular formula is C50H34N2. The van der Waals surface area contributed by atoms with Crippen LogP contribution in [0.15, 0.2) is 206 Å². The Morgan fingerprint density at radius 3 is 1.79 bits per heavy atom. The zero-order chi connectivity index (χ0) is 34.4. The Hall–Kier alpha value is -6.90. The van der Waals surface area contributed by atoms with Crippen molar-refractivity contribution in [3.8, 4) is 27.9 Å². The van der Waals surface area contributed by atoms with Gasteiger partial charge in [0.05, 0.1) is 16.7 Å². The lowest BCUT2D eigenvalue weighted by molar-refractivity contribution is 1.18. The monoisotopic (exact) mass is 662 g/mol. The minimum absolute atomic E-state index is 1.11. The van der Waals surface area contributed by atoms with E-state index in [-0.39, 0.29) is 0 Å². The van der Waals surface area contributed by atoms with Crippen LogP contribution in [0.3, 0.4) is 0 Å². The SMILES string of the molecule is c1ccc(-n2c3ccccc3c3ccc(-c4ccccc4-c4cccc(N(c5ccc6ccccc6c5)c5cccc6ccccc56)c4)cc32)cc1. The van der Waals surface area contributed by atoms with E-state index in [1.54, 1.807) is 0 Å². The Morgan fingerprint density at radius 2 is 0.942 bits per heavy atom. The van der Waals surface area contributed by atoms with Crippen molar-refractivity contribution in [1.82, 2.24) is 4.57 Å². The first kappa shape index (κ1) is 30.0. The molecule has 52 heavy (non-hydrogen) atoms. The maximum absolute atomic E-state index is 2.41. The van der Waals surface area contributed by atoms with E-state index in [0.29, 0.717) is 0 Å². The minimum Gasteiger partial charge on any atom is -0.310 e. The molecule has 0 aliphatic carbocycles. The highest BCUT2D eigenvalue weighted by Crippen LogP contribution is 2.43. The maximum Gasteiger partial charge on any atom is 0.0547 e. The molecule has 1 aromatic heterocycles. The number of para-hydroxylation sites is 2. The number of hydrogen-bond donors (Lipinski definition) is 0. The second-order valence-corrected chi connectivity index (χ2v) is 13.4. The van der Waals surface area contributed by atoms with Crippen molar-refractivity contribution >= 4 is 60.4 Å². The van der Waals surface area contributed by atoms with Crippen LogP contribution in [0.2, 0.25) is 0 Å². The first-order valence-corrected chi connectivity index (χ1v) is 17.9. The van der Waals surface area contributed by atoms with E-state index in [0.717, 1.165) is 22.7 Å². The molecule has 0 spiro atoms. The fourth-order valence-electron chi connectivity index (χ4n) is 7.94. The third-order valence-electron chi connectivity index (χ3n) is 10.3. The van der Waals surface area contributed by atoms with Crippen molar-refractivity contribution in [3.05, 3.63) is 206 Å². The highest BCUT2D eigenvalue weighted by atomic mass is 15.1. The summed E-state index contributed by atoms with van der Waals surface area (Å²) in [4.78, 5) is 2.41. The molecular weight excluding hydrogens is 629 g/mol. The third-order valence-corrected chi connectivity index (χ3v) is 10.3. The van der Waals surface area contributed by atoms with Crippen LogP contribution in [0.4, 0.5) is 17.1 Å². The number of hydrogen-bond acceptors (Lipinski definition) is 1. The van der Waals surface area contributed by atoms with E-state index in [9.17, 15) is 0 Å². The van der Waals surface area contributed by atoms with E-state index in [4.69, 9.17) is 0 Å². The maximum atomic E-state index is 2.41. The Labute approximate surface area is 303 Å². The zero-order valence-corrected chi connectivity index (χ0v) is 28.5. The number of anilines is 3. The molecule has 0 saturated heterocycles. The van der Waals surface area contributed by atoms with Gasteiger partial charge in [-0.3, -0.25) is 0 Å². The smallest absolute Gasteiger partial charge is 0.0547 e. The highest BCUT2D eigenvalue weighted by Gasteiger charge is 2.18. The summed E-state index contributed by atoms with van der Waals surface area (Å²) in [5.74, 6) is 0. The number of benzene rings is 9. The minimum atomic E-state index is 1.11. The summed E-state index contributed by atoms with van der Waals surface area (Å²) in [6.45, 7) is 0. The van der Waals surface area contributed by atoms with Gasteiger partial charge >= 0.3 is 0 Å². The predicted octanol–water partition coefficient (Wildman–Crippen LogP) is 13.9. The molecule has 0 bridgehead atoms. The fourth-order valence-corrected chi connectivity index (χ4v) is 7.94. The number of nitrogens with zero attached hydrogens (tertiary/aromatic N) is 2. The molecule has 0 fully saturated rings. The largest absolute Gasteiger partial charge is 0.310 e. The van der Waals surface area contributed by atoms with Gasteiger partial charge in [0, 0.05) is 33.2 Å². The molecule has 244 valence electrons. The van der Waals surface area contributed by atoms with Gasteiger partial charge < -0.3 is 9.47 Å². The number of aromatic nitrogens is 1. The normalized spacial score (nSPS) is 11.5. The Bertz CT molecular complexity index is 2910. The molecule has 0 saturated carbocycles. The zero-order valence-electron chi connectivity index (χ0n) is 28.5. The predicted molar refractivity (Wildman–Crippen MR) is 221 cm³/mol. The molecule has 10 rings (SSSR count). The summed E-state index contributed by atoms with van der Waals surface area (Å²) in [6.07, 6.45) is 0. The molecule has 9 aromatic carbocycles. The first-order chi connectivity index (χ1) is 25.8. The molecule has 0 aliphatic heterocycles. The van der Waals surface area contributed by atoms with E-state index < -0.39 is 0 Å². The van der Waals surface area contributed by atoms with Crippen molar-refractivity contribution < 1.29 is 0 Å². The summed E-state index contributed by atoms with van der Waals surface area (Å²) >= 11 is 0. The quantitative estimate of drug-likeness (QED) is 0.172. The van der Waals surface area contributed by atoms with Gasteiger partial charge in [0.1, 0.15) is 0 Å². The van der Waals surface area contributed by atoms with Crippen molar-refractivity contribution in [2.45, 2.75) is 0 Å². The van der Waals surface area contributed by atoms with E-state index in [1.807, 2.05) is 0 Å². The topological polar surface area (TPSA) is 8.17 Å². The average Bonchev–Trinajstić information content (AvgIpc) is 3.55. The van der Waals surface area contributed by atoms with Gasteiger partial charge in [-0.15, -0.1) is 0 Å². The van der Waals surface area contributed by atoms with Crippen LogP contribution < -0.4 is 4.90 Å². The molecule has 0 amide bonds. The van der Waals surface area contributed by atoms with Gasteiger partial charge in [0.25, 0.3) is 0 Å². The second-order valence-electron chi connectivity index (χ2n) is 13.4. The van der Waals surface area contributed by atoms with E-state index >= 15 is 0 Å². The molecule has 0 aliphatic rings. The van der Waals surface area contributed by atoms with Crippen LogP contribution in [0.25, 0.3) is 71.3 Å². The summed E-state index contributed by atoms with van der Waals surface area (Å²) < 4.78 is 2.39. The molecule has 0 N–H and O–H groups in total. The summed E-state index contributed by atoms with van der Waals surface area (Å²) in [7, 11) is 0. The van der Waals surface area contributed by atoms with Crippen LogP contribution in [0.5, 0.6) is 0 Å². The van der Waals surface area contributed by atoms with E-state index in [1.165, 1.54) is 65.6 Å². The van der Waals surface area contributed by atoms with Gasteiger partial charge in [-0.1, -0.05) is 152 Å². The van der Waals surface area contributed by atoms with Gasteiger partial charge in [-0.2, -0.15) is 0 Å².